The molecule has 2 heterocycles. The summed E-state index contributed by atoms with van der Waals surface area (Å²) in [5, 5.41) is 12.7. The molecule has 2 aromatic carbocycles. The van der Waals surface area contributed by atoms with Crippen LogP contribution in [-0.4, -0.2) is 94.5 Å². The first-order valence-corrected chi connectivity index (χ1v) is 19.7. The fraction of sp³-hybridized carbons (Fsp3) is 0.389. The van der Waals surface area contributed by atoms with Crippen LogP contribution in [0.25, 0.3) is 16.7 Å². The van der Waals surface area contributed by atoms with E-state index in [2.05, 4.69) is 25.3 Å². The van der Waals surface area contributed by atoms with Crippen LogP contribution in [-0.2, 0) is 26.0 Å². The van der Waals surface area contributed by atoms with Gasteiger partial charge in [-0.05, 0) is 56.7 Å². The zero-order valence-corrected chi connectivity index (χ0v) is 34.7. The van der Waals surface area contributed by atoms with Crippen LogP contribution in [0.5, 0.6) is 5.88 Å². The number of alkyl carbamates (subject to hydrolysis) is 1. The van der Waals surface area contributed by atoms with Crippen molar-refractivity contribution >= 4 is 56.2 Å². The van der Waals surface area contributed by atoms with E-state index in [0.29, 0.717) is 29.0 Å². The number of pyridine rings is 1. The lowest BCUT2D eigenvalue weighted by Crippen LogP contribution is -2.62. The van der Waals surface area contributed by atoms with E-state index >= 15 is 0 Å². The topological polar surface area (TPSA) is 186 Å². The molecule has 2 amide bonds. The number of sulfonamides is 1. The van der Waals surface area contributed by atoms with Gasteiger partial charge in [-0.25, -0.2) is 27.0 Å². The van der Waals surface area contributed by atoms with Crippen LogP contribution in [0.1, 0.15) is 50.7 Å². The summed E-state index contributed by atoms with van der Waals surface area (Å²) in [5.74, 6) is -26.9. The maximum absolute atomic E-state index is 14.6. The summed E-state index contributed by atoms with van der Waals surface area (Å²) < 4.78 is 187. The monoisotopic (exact) mass is 951 g/mol. The minimum atomic E-state index is -7.24. The summed E-state index contributed by atoms with van der Waals surface area (Å²) in [6.45, 7) is 2.28. The molecule has 2 aromatic heterocycles. The molecule has 0 spiro atoms. The highest BCUT2D eigenvalue weighted by Crippen LogP contribution is 2.53. The summed E-state index contributed by atoms with van der Waals surface area (Å²) >= 11 is 6.44. The van der Waals surface area contributed by atoms with Crippen LogP contribution in [0.2, 0.25) is 5.02 Å². The molecular formula is C36H33ClF11N7O7S. The predicted octanol–water partition coefficient (Wildman–Crippen LogP) is 7.54. The van der Waals surface area contributed by atoms with Gasteiger partial charge in [0.2, 0.25) is 21.8 Å². The maximum atomic E-state index is 14.6. The predicted molar refractivity (Wildman–Crippen MR) is 202 cm³/mol. The van der Waals surface area contributed by atoms with Crippen LogP contribution in [0.15, 0.2) is 47.3 Å². The molecule has 0 aliphatic rings. The number of aromatic nitrogens is 3. The molecule has 0 fully saturated rings. The third-order valence-electron chi connectivity index (χ3n) is 8.39. The van der Waals surface area contributed by atoms with E-state index < -0.39 is 128 Å². The number of halogens is 12. The minimum Gasteiger partial charge on any atom is -0.471 e. The zero-order chi connectivity index (χ0) is 48.0. The van der Waals surface area contributed by atoms with E-state index in [1.54, 1.807) is 0 Å². The average molecular weight is 952 g/mol. The number of alkyl halides is 9. The van der Waals surface area contributed by atoms with Crippen molar-refractivity contribution in [3.05, 3.63) is 86.4 Å². The zero-order valence-electron chi connectivity index (χ0n) is 33.1. The number of carbonyl (C=O) groups is 2. The van der Waals surface area contributed by atoms with Crippen molar-refractivity contribution < 1.29 is 75.8 Å². The quantitative estimate of drug-likeness (QED) is 0.0687. The molecule has 1 atom stereocenters. The number of carbonyl (C=O) groups excluding carboxylic acids is 2. The van der Waals surface area contributed by atoms with Gasteiger partial charge in [0, 0.05) is 32.5 Å². The van der Waals surface area contributed by atoms with Crippen LogP contribution >= 0.6 is 11.6 Å². The van der Waals surface area contributed by atoms with Crippen LogP contribution in [0, 0.1) is 17.0 Å². The molecule has 14 nitrogen and oxygen atoms in total. The summed E-state index contributed by atoms with van der Waals surface area (Å²) in [6.07, 6.45) is -8.48. The number of hydrogen-bond acceptors (Lipinski definition) is 11. The smallest absolute Gasteiger partial charge is 0.460 e. The van der Waals surface area contributed by atoms with Crippen molar-refractivity contribution in [2.24, 2.45) is 0 Å². The molecule has 0 unspecified atom stereocenters. The summed E-state index contributed by atoms with van der Waals surface area (Å²) in [4.78, 5) is 48.3. The SMILES string of the molecule is CNc1c(-n2c([C@H](Cc3cc(F)cc(F)c3)NC(=O)OC(C)(C)C)nc3nc(OCC(F)(F)C(F)(F)C(F)(F)C(F)(F)F)ccc3c2=O)ccc(Cl)c1C(=N)N(C(C)=O)S(C)(=O)=O. The molecule has 344 valence electrons. The summed E-state index contributed by atoms with van der Waals surface area (Å²) in [5.41, 5.74) is -4.88. The second kappa shape index (κ2) is 17.4. The van der Waals surface area contributed by atoms with Gasteiger partial charge in [0.1, 0.15) is 23.1 Å². The molecular weight excluding hydrogens is 919 g/mol. The van der Waals surface area contributed by atoms with Gasteiger partial charge in [0.25, 0.3) is 5.56 Å². The first kappa shape index (κ1) is 49.9. The van der Waals surface area contributed by atoms with Gasteiger partial charge in [-0.1, -0.05) is 11.6 Å². The molecule has 0 aliphatic heterocycles. The lowest BCUT2D eigenvalue weighted by molar-refractivity contribution is -0.398. The number of amides is 2. The number of ether oxygens (including phenoxy) is 2. The number of nitrogens with one attached hydrogen (secondary N) is 3. The standard InChI is InChI=1S/C36H33ClF11N7O7S/c1-16(56)55(63(6,59)60)27(49)25-21(37)8-9-23(26(25)50-5)54-29(22(51-31(58)62-32(2,3)4)13-17-11-18(38)14-19(39)12-17)53-28-20(30(54)57)7-10-24(52-28)61-15-33(40,41)34(42,43)35(44,45)36(46,47)48/h7-12,14,22,49-50H,13,15H2,1-6H3,(H,51,58)/t22-/m0/s1. The Morgan fingerprint density at radius 3 is 2.03 bits per heavy atom. The number of nitrogens with zero attached hydrogens (tertiary/aromatic N) is 4. The van der Waals surface area contributed by atoms with Gasteiger partial charge in [-0.3, -0.25) is 19.6 Å². The maximum Gasteiger partial charge on any atom is 0.460 e. The Morgan fingerprint density at radius 1 is 0.937 bits per heavy atom. The van der Waals surface area contributed by atoms with Crippen LogP contribution < -0.4 is 20.9 Å². The molecule has 0 radical (unpaired) electrons. The fourth-order valence-electron chi connectivity index (χ4n) is 5.79. The Hall–Kier alpha value is -5.79. The number of rotatable bonds is 13. The average Bonchev–Trinajstić information content (AvgIpc) is 3.11. The van der Waals surface area contributed by atoms with Gasteiger partial charge in [-0.2, -0.15) is 48.8 Å². The molecule has 4 aromatic rings. The first-order valence-electron chi connectivity index (χ1n) is 17.5. The molecule has 0 saturated carbocycles. The molecule has 0 bridgehead atoms. The van der Waals surface area contributed by atoms with Crippen molar-refractivity contribution in [2.75, 3.05) is 25.2 Å². The number of amidine groups is 1. The Morgan fingerprint density at radius 2 is 1.52 bits per heavy atom. The van der Waals surface area contributed by atoms with Crippen LogP contribution in [0.4, 0.5) is 58.8 Å². The van der Waals surface area contributed by atoms with Crippen molar-refractivity contribution in [1.82, 2.24) is 24.2 Å². The van der Waals surface area contributed by atoms with E-state index in [9.17, 15) is 71.1 Å². The van der Waals surface area contributed by atoms with E-state index in [-0.39, 0.29) is 20.6 Å². The Bertz CT molecular complexity index is 2620. The molecule has 3 N–H and O–H groups in total. The number of hydrogen-bond donors (Lipinski definition) is 3. The van der Waals surface area contributed by atoms with Crippen molar-refractivity contribution in [3.8, 4) is 11.6 Å². The number of fused-ring (bicyclic) bond motifs is 1. The molecule has 0 aliphatic carbocycles. The van der Waals surface area contributed by atoms with Crippen molar-refractivity contribution in [2.45, 2.75) is 69.7 Å². The third kappa shape index (κ3) is 10.4. The summed E-state index contributed by atoms with van der Waals surface area (Å²) in [7, 11) is -3.33. The Labute approximate surface area is 353 Å². The highest BCUT2D eigenvalue weighted by Gasteiger charge is 2.82. The minimum absolute atomic E-state index is 0.0572. The Balaban J connectivity index is 2.08. The lowest BCUT2D eigenvalue weighted by atomic mass is 10.0. The molecule has 27 heteroatoms. The van der Waals surface area contributed by atoms with Gasteiger partial charge in [0.15, 0.2) is 18.1 Å². The van der Waals surface area contributed by atoms with Gasteiger partial charge in [-0.15, -0.1) is 0 Å². The van der Waals surface area contributed by atoms with Crippen molar-refractivity contribution in [3.63, 3.8) is 0 Å². The van der Waals surface area contributed by atoms with Gasteiger partial charge >= 0.3 is 30.0 Å². The highest BCUT2D eigenvalue weighted by molar-refractivity contribution is 7.89. The Kier molecular flexibility index (Phi) is 13.8. The molecule has 4 rings (SSSR count). The fourth-order valence-corrected chi connectivity index (χ4v) is 6.93. The second-order valence-electron chi connectivity index (χ2n) is 14.4. The van der Waals surface area contributed by atoms with Crippen LogP contribution in [0.3, 0.4) is 0 Å². The lowest BCUT2D eigenvalue weighted by Gasteiger charge is -2.33. The first-order chi connectivity index (χ1) is 28.6. The van der Waals surface area contributed by atoms with E-state index in [4.69, 9.17) is 21.7 Å². The van der Waals surface area contributed by atoms with E-state index in [1.807, 2.05) is 0 Å². The van der Waals surface area contributed by atoms with E-state index in [1.165, 1.54) is 27.8 Å². The molecule has 63 heavy (non-hydrogen) atoms. The van der Waals surface area contributed by atoms with E-state index in [0.717, 1.165) is 31.2 Å². The van der Waals surface area contributed by atoms with Crippen molar-refractivity contribution in [1.29, 1.82) is 5.41 Å². The highest BCUT2D eigenvalue weighted by atomic mass is 35.5. The molecule has 0 saturated heterocycles. The summed E-state index contributed by atoms with van der Waals surface area (Å²) in [6, 6.07) is 3.70. The normalized spacial score (nSPS) is 13.4. The largest absolute Gasteiger partial charge is 0.471 e. The van der Waals surface area contributed by atoms with Gasteiger partial charge in [0.05, 0.1) is 39.6 Å². The third-order valence-corrected chi connectivity index (χ3v) is 9.81. The van der Waals surface area contributed by atoms with Gasteiger partial charge < -0.3 is 20.1 Å². The number of benzene rings is 2. The second-order valence-corrected chi connectivity index (χ2v) is 16.7. The number of anilines is 1.